The molecular formula is C12H16ClFN2O2S. The first-order chi connectivity index (χ1) is 8.91. The number of rotatable bonds is 4. The molecule has 0 amide bonds. The first kappa shape index (κ1) is 14.7. The van der Waals surface area contributed by atoms with Gasteiger partial charge in [0.05, 0.1) is 5.02 Å². The molecule has 0 radical (unpaired) electrons. The van der Waals surface area contributed by atoms with Crippen molar-refractivity contribution in [3.63, 3.8) is 0 Å². The van der Waals surface area contributed by atoms with Crippen molar-refractivity contribution in [2.45, 2.75) is 23.8 Å². The number of nitrogens with one attached hydrogen (secondary N) is 1. The van der Waals surface area contributed by atoms with Gasteiger partial charge in [0.2, 0.25) is 10.0 Å². The minimum atomic E-state index is -3.76. The summed E-state index contributed by atoms with van der Waals surface area (Å²) in [5, 5.41) is 3.26. The van der Waals surface area contributed by atoms with Crippen LogP contribution in [0.4, 0.5) is 4.39 Å². The van der Waals surface area contributed by atoms with E-state index in [9.17, 15) is 12.8 Å². The molecule has 1 aliphatic heterocycles. The van der Waals surface area contributed by atoms with Crippen molar-refractivity contribution in [2.75, 3.05) is 20.1 Å². The summed E-state index contributed by atoms with van der Waals surface area (Å²) in [5.74, 6) is -0.615. The number of likely N-dealkylation sites (N-methyl/N-ethyl adjacent to an activating group) is 1. The molecule has 7 heteroatoms. The standard InChI is InChI=1S/C12H16ClFN2O2S/c1-16(8-10-3-2-6-15-10)19(17,18)12-7-9(14)4-5-11(12)13/h4-5,7,10,15H,2-3,6,8H2,1H3. The van der Waals surface area contributed by atoms with E-state index >= 15 is 0 Å². The molecule has 1 aromatic carbocycles. The monoisotopic (exact) mass is 306 g/mol. The lowest BCUT2D eigenvalue weighted by Crippen LogP contribution is -2.38. The topological polar surface area (TPSA) is 49.4 Å². The average molecular weight is 307 g/mol. The molecule has 1 N–H and O–H groups in total. The maximum absolute atomic E-state index is 13.2. The van der Waals surface area contributed by atoms with Crippen LogP contribution >= 0.6 is 11.6 Å². The van der Waals surface area contributed by atoms with Gasteiger partial charge in [0, 0.05) is 19.6 Å². The van der Waals surface area contributed by atoms with Crippen LogP contribution in [-0.2, 0) is 10.0 Å². The second-order valence-electron chi connectivity index (χ2n) is 4.65. The Morgan fingerprint density at radius 3 is 2.89 bits per heavy atom. The van der Waals surface area contributed by atoms with E-state index in [0.717, 1.165) is 31.5 Å². The number of halogens is 2. The average Bonchev–Trinajstić information content (AvgIpc) is 2.85. The van der Waals surface area contributed by atoms with Crippen molar-refractivity contribution in [1.82, 2.24) is 9.62 Å². The van der Waals surface area contributed by atoms with Crippen LogP contribution in [0.15, 0.2) is 23.1 Å². The van der Waals surface area contributed by atoms with Gasteiger partial charge in [0.1, 0.15) is 10.7 Å². The molecule has 0 saturated carbocycles. The van der Waals surface area contributed by atoms with E-state index in [1.54, 1.807) is 0 Å². The molecule has 0 spiro atoms. The van der Waals surface area contributed by atoms with Crippen LogP contribution in [0.5, 0.6) is 0 Å². The summed E-state index contributed by atoms with van der Waals surface area (Å²) >= 11 is 5.85. The highest BCUT2D eigenvalue weighted by Crippen LogP contribution is 2.25. The lowest BCUT2D eigenvalue weighted by molar-refractivity contribution is 0.417. The molecule has 0 bridgehead atoms. The second kappa shape index (κ2) is 5.75. The SMILES string of the molecule is CN(CC1CCCN1)S(=O)(=O)c1cc(F)ccc1Cl. The van der Waals surface area contributed by atoms with Crippen molar-refractivity contribution in [2.24, 2.45) is 0 Å². The van der Waals surface area contributed by atoms with Crippen molar-refractivity contribution >= 4 is 21.6 Å². The van der Waals surface area contributed by atoms with E-state index in [1.807, 2.05) is 0 Å². The lowest BCUT2D eigenvalue weighted by Gasteiger charge is -2.21. The zero-order chi connectivity index (χ0) is 14.0. The third-order valence-electron chi connectivity index (χ3n) is 3.22. The Morgan fingerprint density at radius 1 is 1.53 bits per heavy atom. The van der Waals surface area contributed by atoms with Gasteiger partial charge in [-0.15, -0.1) is 0 Å². The predicted octanol–water partition coefficient (Wildman–Crippen LogP) is 1.85. The second-order valence-corrected chi connectivity index (χ2v) is 7.07. The molecule has 106 valence electrons. The molecule has 1 aromatic rings. The van der Waals surface area contributed by atoms with Crippen molar-refractivity contribution in [3.8, 4) is 0 Å². The maximum Gasteiger partial charge on any atom is 0.244 e. The third kappa shape index (κ3) is 3.25. The molecular weight excluding hydrogens is 291 g/mol. The molecule has 1 aliphatic rings. The van der Waals surface area contributed by atoms with Gasteiger partial charge in [-0.2, -0.15) is 4.31 Å². The first-order valence-corrected chi connectivity index (χ1v) is 7.88. The highest BCUT2D eigenvalue weighted by molar-refractivity contribution is 7.89. The van der Waals surface area contributed by atoms with E-state index in [1.165, 1.54) is 17.4 Å². The number of benzene rings is 1. The van der Waals surface area contributed by atoms with Gasteiger partial charge in [0.25, 0.3) is 0 Å². The summed E-state index contributed by atoms with van der Waals surface area (Å²) in [7, 11) is -2.28. The van der Waals surface area contributed by atoms with Crippen LogP contribution < -0.4 is 5.32 Å². The van der Waals surface area contributed by atoms with Gasteiger partial charge in [-0.1, -0.05) is 11.6 Å². The Hall–Kier alpha value is -0.690. The molecule has 1 saturated heterocycles. The normalized spacial score (nSPS) is 20.1. The van der Waals surface area contributed by atoms with E-state index in [4.69, 9.17) is 11.6 Å². The van der Waals surface area contributed by atoms with E-state index in [-0.39, 0.29) is 16.0 Å². The smallest absolute Gasteiger partial charge is 0.244 e. The van der Waals surface area contributed by atoms with Gasteiger partial charge in [-0.05, 0) is 37.6 Å². The lowest BCUT2D eigenvalue weighted by atomic mass is 10.2. The summed E-state index contributed by atoms with van der Waals surface area (Å²) in [5.41, 5.74) is 0. The van der Waals surface area contributed by atoms with Crippen molar-refractivity contribution < 1.29 is 12.8 Å². The largest absolute Gasteiger partial charge is 0.313 e. The Bertz CT molecular complexity index is 559. The summed E-state index contributed by atoms with van der Waals surface area (Å²) < 4.78 is 39.1. The first-order valence-electron chi connectivity index (χ1n) is 6.06. The van der Waals surface area contributed by atoms with Crippen LogP contribution in [0.2, 0.25) is 5.02 Å². The fourth-order valence-corrected chi connectivity index (χ4v) is 3.86. The number of sulfonamides is 1. The molecule has 0 aliphatic carbocycles. The van der Waals surface area contributed by atoms with Crippen LogP contribution in [0.3, 0.4) is 0 Å². The van der Waals surface area contributed by atoms with Crippen molar-refractivity contribution in [1.29, 1.82) is 0 Å². The molecule has 1 heterocycles. The molecule has 0 aromatic heterocycles. The summed E-state index contributed by atoms with van der Waals surface area (Å²) in [4.78, 5) is -0.185. The van der Waals surface area contributed by atoms with Gasteiger partial charge in [-0.3, -0.25) is 0 Å². The molecule has 4 nitrogen and oxygen atoms in total. The molecule has 1 atom stereocenters. The van der Waals surface area contributed by atoms with Gasteiger partial charge < -0.3 is 5.32 Å². The van der Waals surface area contributed by atoms with Gasteiger partial charge in [0.15, 0.2) is 0 Å². The molecule has 1 fully saturated rings. The fraction of sp³-hybridized carbons (Fsp3) is 0.500. The number of hydrogen-bond donors (Lipinski definition) is 1. The number of nitrogens with zero attached hydrogens (tertiary/aromatic N) is 1. The van der Waals surface area contributed by atoms with Gasteiger partial charge in [-0.25, -0.2) is 12.8 Å². The Morgan fingerprint density at radius 2 is 2.26 bits per heavy atom. The highest BCUT2D eigenvalue weighted by atomic mass is 35.5. The minimum absolute atomic E-state index is 0.0348. The van der Waals surface area contributed by atoms with E-state index in [0.29, 0.717) is 6.54 Å². The third-order valence-corrected chi connectivity index (χ3v) is 5.53. The van der Waals surface area contributed by atoms with Gasteiger partial charge >= 0.3 is 0 Å². The van der Waals surface area contributed by atoms with E-state index < -0.39 is 15.8 Å². The molecule has 19 heavy (non-hydrogen) atoms. The number of hydrogen-bond acceptors (Lipinski definition) is 3. The Balaban J connectivity index is 2.22. The van der Waals surface area contributed by atoms with E-state index in [2.05, 4.69) is 5.32 Å². The summed E-state index contributed by atoms with van der Waals surface area (Å²) in [6.07, 6.45) is 1.98. The zero-order valence-electron chi connectivity index (χ0n) is 10.6. The fourth-order valence-electron chi connectivity index (χ4n) is 2.16. The molecule has 2 rings (SSSR count). The highest BCUT2D eigenvalue weighted by Gasteiger charge is 2.27. The molecule has 1 unspecified atom stereocenters. The minimum Gasteiger partial charge on any atom is -0.313 e. The summed E-state index contributed by atoms with van der Waals surface area (Å²) in [6, 6.07) is 3.49. The maximum atomic E-state index is 13.2. The zero-order valence-corrected chi connectivity index (χ0v) is 12.1. The predicted molar refractivity (Wildman–Crippen MR) is 72.3 cm³/mol. The van der Waals surface area contributed by atoms with Crippen LogP contribution in [0.25, 0.3) is 0 Å². The van der Waals surface area contributed by atoms with Crippen LogP contribution in [0.1, 0.15) is 12.8 Å². The quantitative estimate of drug-likeness (QED) is 0.923. The summed E-state index contributed by atoms with van der Waals surface area (Å²) in [6.45, 7) is 1.26. The van der Waals surface area contributed by atoms with Crippen molar-refractivity contribution in [3.05, 3.63) is 29.0 Å². The van der Waals surface area contributed by atoms with Crippen LogP contribution in [0, 0.1) is 5.82 Å². The Labute approximate surface area is 117 Å². The Kier molecular flexibility index (Phi) is 4.45. The van der Waals surface area contributed by atoms with Crippen LogP contribution in [-0.4, -0.2) is 38.9 Å².